The molecule has 1 saturated carbocycles. The van der Waals surface area contributed by atoms with Gasteiger partial charge in [-0.05, 0) is 55.5 Å². The molecule has 2 N–H and O–H groups in total. The molecule has 0 unspecified atom stereocenters. The zero-order chi connectivity index (χ0) is 35.9. The molecule has 50 heavy (non-hydrogen) atoms. The zero-order valence-electron chi connectivity index (χ0n) is 26.5. The van der Waals surface area contributed by atoms with Crippen LogP contribution < -0.4 is 10.2 Å². The van der Waals surface area contributed by atoms with E-state index in [0.717, 1.165) is 4.90 Å². The van der Waals surface area contributed by atoms with Crippen molar-refractivity contribution in [2.75, 3.05) is 19.1 Å². The number of amides is 4. The molecule has 0 radical (unpaired) electrons. The van der Waals surface area contributed by atoms with Crippen molar-refractivity contribution in [3.63, 3.8) is 0 Å². The highest BCUT2D eigenvalue weighted by Crippen LogP contribution is 2.65. The number of nitrogens with one attached hydrogen (secondary N) is 1. The number of allylic oxidation sites excluding steroid dienone is 2. The van der Waals surface area contributed by atoms with Crippen LogP contribution in [0, 0.1) is 23.7 Å². The van der Waals surface area contributed by atoms with Crippen molar-refractivity contribution in [1.29, 1.82) is 0 Å². The molecule has 2 aliphatic heterocycles. The normalized spacial score (nSPS) is 27.6. The maximum absolute atomic E-state index is 15.2. The van der Waals surface area contributed by atoms with Crippen LogP contribution in [0.2, 0.25) is 10.0 Å². The number of aromatic nitrogens is 1. The molecule has 2 aliphatic carbocycles. The minimum absolute atomic E-state index is 0.0399. The van der Waals surface area contributed by atoms with Gasteiger partial charge in [-0.3, -0.25) is 29.5 Å². The second-order valence-electron chi connectivity index (χ2n) is 12.8. The number of anilines is 1. The van der Waals surface area contributed by atoms with Gasteiger partial charge in [-0.15, -0.1) is 0 Å². The van der Waals surface area contributed by atoms with Crippen LogP contribution in [-0.2, 0) is 30.8 Å². The average Bonchev–Trinajstić information content (AvgIpc) is 3.43. The van der Waals surface area contributed by atoms with Crippen molar-refractivity contribution in [2.45, 2.75) is 37.3 Å². The van der Waals surface area contributed by atoms with E-state index in [0.29, 0.717) is 33.4 Å². The van der Waals surface area contributed by atoms with E-state index in [2.05, 4.69) is 10.4 Å². The molecule has 15 heteroatoms. The number of fused-ring (bicyclic) bond motifs is 4. The summed E-state index contributed by atoms with van der Waals surface area (Å²) in [4.78, 5) is 61.5. The maximum atomic E-state index is 15.2. The minimum atomic E-state index is -4.75. The van der Waals surface area contributed by atoms with Crippen LogP contribution in [0.4, 0.5) is 19.0 Å². The summed E-state index contributed by atoms with van der Waals surface area (Å²) in [6.07, 6.45) is -2.25. The number of carbonyl (C=O) groups excluding carboxylic acids is 4. The Hall–Kier alpha value is -4.62. The number of alkyl halides is 3. The molecule has 4 aliphatic rings. The number of nitrogens with zero attached hydrogens (tertiary/aromatic N) is 3. The van der Waals surface area contributed by atoms with E-state index in [1.165, 1.54) is 7.05 Å². The van der Waals surface area contributed by atoms with Gasteiger partial charge >= 0.3 is 6.18 Å². The predicted molar refractivity (Wildman–Crippen MR) is 174 cm³/mol. The van der Waals surface area contributed by atoms with E-state index in [4.69, 9.17) is 27.9 Å². The summed E-state index contributed by atoms with van der Waals surface area (Å²) in [5.74, 6) is -7.32. The molecular weight excluding hydrogens is 700 g/mol. The lowest BCUT2D eigenvalue weighted by Gasteiger charge is -2.50. The number of phenolic OH excluding ortho intramolecular Hbond substituents is 1. The van der Waals surface area contributed by atoms with Crippen molar-refractivity contribution in [1.82, 2.24) is 14.9 Å². The number of carbonyl (C=O) groups is 4. The van der Waals surface area contributed by atoms with Crippen LogP contribution in [0.5, 0.6) is 11.5 Å². The third-order valence-corrected chi connectivity index (χ3v) is 11.0. The number of para-hydroxylation sites is 1. The van der Waals surface area contributed by atoms with E-state index in [1.54, 1.807) is 49.4 Å². The van der Waals surface area contributed by atoms with Crippen molar-refractivity contribution < 1.29 is 42.2 Å². The van der Waals surface area contributed by atoms with E-state index in [9.17, 15) is 32.7 Å². The topological polar surface area (TPSA) is 129 Å². The Morgan fingerprint density at radius 2 is 1.76 bits per heavy atom. The van der Waals surface area contributed by atoms with Gasteiger partial charge in [0.15, 0.2) is 17.3 Å². The third kappa shape index (κ3) is 4.88. The third-order valence-electron chi connectivity index (χ3n) is 10.4. The van der Waals surface area contributed by atoms with Crippen molar-refractivity contribution in [3.8, 4) is 11.5 Å². The number of likely N-dealkylation sites (tertiary alicyclic amines) is 1. The molecule has 0 bridgehead atoms. The van der Waals surface area contributed by atoms with Gasteiger partial charge in [0.25, 0.3) is 11.8 Å². The number of pyridine rings is 1. The Balaban J connectivity index is 1.46. The van der Waals surface area contributed by atoms with Gasteiger partial charge in [0, 0.05) is 29.7 Å². The summed E-state index contributed by atoms with van der Waals surface area (Å²) >= 11 is 12.5. The van der Waals surface area contributed by atoms with Crippen LogP contribution in [-0.4, -0.2) is 57.3 Å². The Kier molecular flexibility index (Phi) is 8.13. The first kappa shape index (κ1) is 33.9. The molecule has 2 aromatic carbocycles. The smallest absolute Gasteiger partial charge is 0.417 e. The van der Waals surface area contributed by atoms with Crippen molar-refractivity contribution >= 4 is 52.6 Å². The number of rotatable bonds is 6. The van der Waals surface area contributed by atoms with Gasteiger partial charge in [-0.2, -0.15) is 18.2 Å². The molecule has 3 aromatic rings. The van der Waals surface area contributed by atoms with Gasteiger partial charge in [-0.25, -0.2) is 4.98 Å². The molecule has 4 amide bonds. The highest BCUT2D eigenvalue weighted by Gasteiger charge is 2.70. The lowest BCUT2D eigenvalue weighted by Crippen LogP contribution is -2.53. The summed E-state index contributed by atoms with van der Waals surface area (Å²) in [7, 11) is 1.41. The maximum Gasteiger partial charge on any atom is 0.417 e. The van der Waals surface area contributed by atoms with Crippen LogP contribution in [0.15, 0.2) is 66.4 Å². The number of hydrogen-bond donors (Lipinski definition) is 2. The van der Waals surface area contributed by atoms with Gasteiger partial charge in [0.2, 0.25) is 11.8 Å². The average molecular weight is 730 g/mol. The van der Waals surface area contributed by atoms with E-state index >= 15 is 4.79 Å². The van der Waals surface area contributed by atoms with E-state index in [1.807, 2.05) is 6.08 Å². The van der Waals surface area contributed by atoms with Gasteiger partial charge in [0.05, 0.1) is 40.4 Å². The molecular formula is C35H29Cl2F3N4O6. The fourth-order valence-corrected chi connectivity index (χ4v) is 8.66. The van der Waals surface area contributed by atoms with Crippen LogP contribution in [0.3, 0.4) is 0 Å². The van der Waals surface area contributed by atoms with Crippen molar-refractivity contribution in [2.24, 2.45) is 23.7 Å². The quantitative estimate of drug-likeness (QED) is 0.229. The molecule has 260 valence electrons. The Labute approximate surface area is 293 Å². The highest BCUT2D eigenvalue weighted by molar-refractivity contribution is 6.33. The number of hydrogen-bond acceptors (Lipinski definition) is 8. The number of benzene rings is 2. The van der Waals surface area contributed by atoms with Crippen molar-refractivity contribution in [3.05, 3.63) is 93.1 Å². The first-order valence-electron chi connectivity index (χ1n) is 15.8. The molecule has 6 atom stereocenters. The standard InChI is InChI=1S/C35H29Cl2F3N4O6/c1-3-50-25-6-4-5-21(28(25)45)27-19-11-12-20-26(32(48)43(2)30(20)46)22(19)14-23-31(47)44(33(49)34(23,27)16-7-9-18(36)10-8-16)42-29-24(37)13-17(15-41-29)35(38,39)40/h4-11,13,15,20,22-23,26-27,45H,3,12,14H2,1-2H3,(H,41,42)/t20-,22+,23-,26-,27+,34+/m0/s1. The molecule has 1 aromatic heterocycles. The number of ether oxygens (including phenoxy) is 1. The van der Waals surface area contributed by atoms with Gasteiger partial charge in [0.1, 0.15) is 0 Å². The van der Waals surface area contributed by atoms with Crippen LogP contribution in [0.25, 0.3) is 0 Å². The first-order chi connectivity index (χ1) is 23.7. The molecule has 3 heterocycles. The Morgan fingerprint density at radius 1 is 1.04 bits per heavy atom. The zero-order valence-corrected chi connectivity index (χ0v) is 28.0. The minimum Gasteiger partial charge on any atom is -0.504 e. The number of halogens is 5. The second-order valence-corrected chi connectivity index (χ2v) is 13.6. The van der Waals surface area contributed by atoms with Gasteiger partial charge in [-0.1, -0.05) is 59.1 Å². The summed E-state index contributed by atoms with van der Waals surface area (Å²) in [5.41, 5.74) is 0.851. The lowest BCUT2D eigenvalue weighted by molar-refractivity contribution is -0.140. The molecule has 2 saturated heterocycles. The molecule has 3 fully saturated rings. The number of phenols is 1. The largest absolute Gasteiger partial charge is 0.504 e. The first-order valence-corrected chi connectivity index (χ1v) is 16.6. The Bertz CT molecular complexity index is 1990. The lowest BCUT2D eigenvalue weighted by atomic mass is 9.49. The molecule has 10 nitrogen and oxygen atoms in total. The van der Waals surface area contributed by atoms with E-state index < -0.39 is 69.5 Å². The Morgan fingerprint density at radius 3 is 2.42 bits per heavy atom. The SMILES string of the molecule is CCOc1cccc([C@H]2C3=CC[C@@H]4C(=O)N(C)C(=O)[C@@H]4[C@@H]3C[C@H]3C(=O)N(Nc4ncc(C(F)(F)F)cc4Cl)C(=O)[C@@]23c2ccc(Cl)cc2)c1O. The summed E-state index contributed by atoms with van der Waals surface area (Å²) in [6, 6.07) is 11.8. The summed E-state index contributed by atoms with van der Waals surface area (Å²) < 4.78 is 45.9. The fraction of sp³-hybridized carbons (Fsp3) is 0.343. The number of hydrazine groups is 1. The predicted octanol–water partition coefficient (Wildman–Crippen LogP) is 6.13. The second kappa shape index (κ2) is 12.0. The highest BCUT2D eigenvalue weighted by atomic mass is 35.5. The molecule has 7 rings (SSSR count). The molecule has 0 spiro atoms. The van der Waals surface area contributed by atoms with Crippen LogP contribution in [0.1, 0.15) is 42.4 Å². The summed E-state index contributed by atoms with van der Waals surface area (Å²) in [5, 5.41) is 12.3. The van der Waals surface area contributed by atoms with E-state index in [-0.39, 0.29) is 48.2 Å². The number of aromatic hydroxyl groups is 1. The number of imide groups is 2. The summed E-state index contributed by atoms with van der Waals surface area (Å²) in [6.45, 7) is 1.95. The monoisotopic (exact) mass is 728 g/mol. The fourth-order valence-electron chi connectivity index (χ4n) is 8.33. The van der Waals surface area contributed by atoms with Gasteiger partial charge < -0.3 is 9.84 Å². The van der Waals surface area contributed by atoms with Crippen LogP contribution >= 0.6 is 23.2 Å².